The van der Waals surface area contributed by atoms with Gasteiger partial charge in [0.25, 0.3) is 0 Å². The highest BCUT2D eigenvalue weighted by molar-refractivity contribution is 5.20. The molecule has 0 amide bonds. The molecule has 1 aromatic rings. The van der Waals surface area contributed by atoms with Crippen LogP contribution in [-0.2, 0) is 0 Å². The minimum Gasteiger partial charge on any atom is -0.303 e. The van der Waals surface area contributed by atoms with E-state index in [1.165, 1.54) is 71.0 Å². The Labute approximate surface area is 144 Å². The lowest BCUT2D eigenvalue weighted by atomic mass is 9.84. The molecular formula is C22H37N. The number of hydrogen-bond donors (Lipinski definition) is 0. The zero-order chi connectivity index (χ0) is 16.5. The van der Waals surface area contributed by atoms with Crippen LogP contribution in [-0.4, -0.2) is 24.5 Å². The molecule has 130 valence electrons. The summed E-state index contributed by atoms with van der Waals surface area (Å²) in [5.74, 6) is 0.782. The van der Waals surface area contributed by atoms with Gasteiger partial charge in [-0.3, -0.25) is 0 Å². The van der Waals surface area contributed by atoms with Crippen LogP contribution in [0.3, 0.4) is 0 Å². The summed E-state index contributed by atoms with van der Waals surface area (Å²) in [5.41, 5.74) is 2.02. The van der Waals surface area contributed by atoms with Crippen molar-refractivity contribution >= 4 is 0 Å². The van der Waals surface area contributed by atoms with E-state index in [4.69, 9.17) is 0 Å². The van der Waals surface area contributed by atoms with E-state index >= 15 is 0 Å². The molecule has 0 radical (unpaired) electrons. The first-order chi connectivity index (χ1) is 11.1. The molecule has 1 nitrogen and oxygen atoms in total. The van der Waals surface area contributed by atoms with Crippen LogP contribution >= 0.6 is 0 Å². The first kappa shape index (κ1) is 18.5. The van der Waals surface area contributed by atoms with E-state index in [0.29, 0.717) is 5.41 Å². The zero-order valence-corrected chi connectivity index (χ0v) is 15.7. The molecule has 23 heavy (non-hydrogen) atoms. The van der Waals surface area contributed by atoms with Gasteiger partial charge in [-0.05, 0) is 49.2 Å². The van der Waals surface area contributed by atoms with Crippen LogP contribution in [0.4, 0.5) is 0 Å². The minimum absolute atomic E-state index is 0.478. The highest BCUT2D eigenvalue weighted by Crippen LogP contribution is 2.31. The zero-order valence-electron chi connectivity index (χ0n) is 15.7. The van der Waals surface area contributed by atoms with Crippen molar-refractivity contribution in [2.45, 2.75) is 78.1 Å². The highest BCUT2D eigenvalue weighted by Gasteiger charge is 2.25. The molecule has 0 spiro atoms. The van der Waals surface area contributed by atoms with E-state index in [2.05, 4.69) is 56.0 Å². The predicted molar refractivity (Wildman–Crippen MR) is 102 cm³/mol. The number of rotatable bonds is 9. The van der Waals surface area contributed by atoms with E-state index in [-0.39, 0.29) is 0 Å². The monoisotopic (exact) mass is 315 g/mol. The topological polar surface area (TPSA) is 3.24 Å². The van der Waals surface area contributed by atoms with Gasteiger partial charge in [0.05, 0.1) is 0 Å². The molecule has 1 aliphatic heterocycles. The van der Waals surface area contributed by atoms with E-state index in [1.807, 2.05) is 0 Å². The average molecular weight is 316 g/mol. The van der Waals surface area contributed by atoms with Crippen molar-refractivity contribution in [2.75, 3.05) is 19.6 Å². The second-order valence-electron chi connectivity index (χ2n) is 8.29. The molecule has 1 aromatic carbocycles. The molecule has 0 bridgehead atoms. The van der Waals surface area contributed by atoms with E-state index in [9.17, 15) is 0 Å². The number of unbranched alkanes of at least 4 members (excludes halogenated alkanes) is 4. The predicted octanol–water partition coefficient (Wildman–Crippen LogP) is 6.25. The molecule has 0 aromatic heterocycles. The maximum absolute atomic E-state index is 2.71. The Morgan fingerprint density at radius 1 is 0.957 bits per heavy atom. The van der Waals surface area contributed by atoms with Gasteiger partial charge in [-0.25, -0.2) is 0 Å². The fourth-order valence-corrected chi connectivity index (χ4v) is 4.04. The summed E-state index contributed by atoms with van der Waals surface area (Å²) in [4.78, 5) is 2.71. The van der Waals surface area contributed by atoms with E-state index < -0.39 is 0 Å². The van der Waals surface area contributed by atoms with Gasteiger partial charge in [0, 0.05) is 6.54 Å². The summed E-state index contributed by atoms with van der Waals surface area (Å²) in [6.45, 7) is 11.1. The third-order valence-electron chi connectivity index (χ3n) is 5.47. The van der Waals surface area contributed by atoms with Crippen LogP contribution in [0.25, 0.3) is 0 Å². The van der Waals surface area contributed by atoms with Gasteiger partial charge in [-0.1, -0.05) is 83.2 Å². The molecule has 0 N–H and O–H groups in total. The Bertz CT molecular complexity index is 415. The standard InChI is InChI=1S/C22H37N/c1-4-5-6-7-11-16-22(2,3)19-23-17-14-21(15-18-23)20-12-9-8-10-13-20/h8-10,12-13,21H,4-7,11,14-19H2,1-3H3. The van der Waals surface area contributed by atoms with Crippen molar-refractivity contribution < 1.29 is 0 Å². The average Bonchev–Trinajstić information content (AvgIpc) is 2.56. The Balaban J connectivity index is 1.68. The summed E-state index contributed by atoms with van der Waals surface area (Å²) in [7, 11) is 0. The van der Waals surface area contributed by atoms with Gasteiger partial charge in [0.1, 0.15) is 0 Å². The van der Waals surface area contributed by atoms with E-state index in [0.717, 1.165) is 5.92 Å². The van der Waals surface area contributed by atoms with Crippen molar-refractivity contribution in [3.05, 3.63) is 35.9 Å². The number of nitrogens with zero attached hydrogens (tertiary/aromatic N) is 1. The molecule has 0 atom stereocenters. The smallest absolute Gasteiger partial charge is 0.00327 e. The number of hydrogen-bond acceptors (Lipinski definition) is 1. The van der Waals surface area contributed by atoms with Crippen LogP contribution in [0.1, 0.15) is 83.6 Å². The maximum Gasteiger partial charge on any atom is 0.00327 e. The third kappa shape index (κ3) is 6.67. The second-order valence-corrected chi connectivity index (χ2v) is 8.29. The van der Waals surface area contributed by atoms with Gasteiger partial charge in [-0.2, -0.15) is 0 Å². The first-order valence-electron chi connectivity index (χ1n) is 9.88. The van der Waals surface area contributed by atoms with Crippen LogP contribution in [0, 0.1) is 5.41 Å². The molecule has 1 heteroatoms. The van der Waals surface area contributed by atoms with Gasteiger partial charge in [0.15, 0.2) is 0 Å². The summed E-state index contributed by atoms with van der Waals surface area (Å²) in [5, 5.41) is 0. The molecule has 0 saturated carbocycles. The normalized spacial score (nSPS) is 17.5. The molecule has 1 saturated heterocycles. The minimum atomic E-state index is 0.478. The molecule has 0 aliphatic carbocycles. The molecule has 1 aliphatic rings. The summed E-state index contributed by atoms with van der Waals surface area (Å²) in [6.07, 6.45) is 11.1. The van der Waals surface area contributed by atoms with Crippen molar-refractivity contribution in [3.8, 4) is 0 Å². The van der Waals surface area contributed by atoms with Crippen LogP contribution < -0.4 is 0 Å². The van der Waals surface area contributed by atoms with Crippen LogP contribution in [0.2, 0.25) is 0 Å². The van der Waals surface area contributed by atoms with Crippen molar-refractivity contribution in [2.24, 2.45) is 5.41 Å². The molecule has 1 heterocycles. The summed E-state index contributed by atoms with van der Waals surface area (Å²) < 4.78 is 0. The van der Waals surface area contributed by atoms with Gasteiger partial charge < -0.3 is 4.90 Å². The quantitative estimate of drug-likeness (QED) is 0.487. The van der Waals surface area contributed by atoms with Gasteiger partial charge >= 0.3 is 0 Å². The lowest BCUT2D eigenvalue weighted by Gasteiger charge is -2.37. The number of piperidine rings is 1. The van der Waals surface area contributed by atoms with E-state index in [1.54, 1.807) is 5.56 Å². The maximum atomic E-state index is 2.71. The van der Waals surface area contributed by atoms with Gasteiger partial charge in [-0.15, -0.1) is 0 Å². The summed E-state index contributed by atoms with van der Waals surface area (Å²) >= 11 is 0. The highest BCUT2D eigenvalue weighted by atomic mass is 15.1. The molecule has 1 fully saturated rings. The number of benzene rings is 1. The van der Waals surface area contributed by atoms with Crippen LogP contribution in [0.5, 0.6) is 0 Å². The molecular weight excluding hydrogens is 278 g/mol. The fourth-order valence-electron chi connectivity index (χ4n) is 4.04. The Morgan fingerprint density at radius 2 is 1.61 bits per heavy atom. The second kappa shape index (κ2) is 9.47. The SMILES string of the molecule is CCCCCCCC(C)(C)CN1CCC(c2ccccc2)CC1. The Hall–Kier alpha value is -0.820. The third-order valence-corrected chi connectivity index (χ3v) is 5.47. The largest absolute Gasteiger partial charge is 0.303 e. The lowest BCUT2D eigenvalue weighted by Crippen LogP contribution is -2.39. The van der Waals surface area contributed by atoms with Gasteiger partial charge in [0.2, 0.25) is 0 Å². The van der Waals surface area contributed by atoms with Crippen molar-refractivity contribution in [3.63, 3.8) is 0 Å². The Morgan fingerprint density at radius 3 is 2.26 bits per heavy atom. The number of likely N-dealkylation sites (tertiary alicyclic amines) is 1. The van der Waals surface area contributed by atoms with Crippen LogP contribution in [0.15, 0.2) is 30.3 Å². The van der Waals surface area contributed by atoms with Crippen molar-refractivity contribution in [1.82, 2.24) is 4.90 Å². The van der Waals surface area contributed by atoms with Crippen molar-refractivity contribution in [1.29, 1.82) is 0 Å². The lowest BCUT2D eigenvalue weighted by molar-refractivity contribution is 0.135. The fraction of sp³-hybridized carbons (Fsp3) is 0.727. The summed E-state index contributed by atoms with van der Waals surface area (Å²) in [6, 6.07) is 11.1. The first-order valence-corrected chi connectivity index (χ1v) is 9.88. The molecule has 2 rings (SSSR count). The molecule has 0 unspecified atom stereocenters. The Kier molecular flexibility index (Phi) is 7.62.